The fourth-order valence-corrected chi connectivity index (χ4v) is 2.71. The molecule has 0 spiro atoms. The summed E-state index contributed by atoms with van der Waals surface area (Å²) in [5, 5.41) is 4.24. The second-order valence-corrected chi connectivity index (χ2v) is 6.67. The molecule has 1 N–H and O–H groups in total. The van der Waals surface area contributed by atoms with Crippen LogP contribution in [0.1, 0.15) is 19.4 Å². The van der Waals surface area contributed by atoms with Gasteiger partial charge in [0.1, 0.15) is 6.61 Å². The van der Waals surface area contributed by atoms with E-state index in [4.69, 9.17) is 16.4 Å². The second kappa shape index (κ2) is 7.57. The zero-order chi connectivity index (χ0) is 17.8. The van der Waals surface area contributed by atoms with Gasteiger partial charge < -0.3 is 10.2 Å². The Bertz CT molecular complexity index is 889. The molecule has 0 fully saturated rings. The number of rotatable bonds is 6. The number of benzene rings is 1. The van der Waals surface area contributed by atoms with Crippen LogP contribution in [0.15, 0.2) is 48.9 Å². The number of halogens is 1. The molecule has 6 heteroatoms. The molecule has 1 amide bonds. The summed E-state index contributed by atoms with van der Waals surface area (Å²) in [6, 6.07) is 9.56. The second-order valence-electron chi connectivity index (χ2n) is 6.27. The highest BCUT2D eigenvalue weighted by Crippen LogP contribution is 2.23. The number of para-hydroxylation sites is 1. The summed E-state index contributed by atoms with van der Waals surface area (Å²) in [4.78, 5) is 22.2. The minimum atomic E-state index is -0.139. The molecule has 0 aliphatic heterocycles. The maximum atomic E-state index is 12.4. The van der Waals surface area contributed by atoms with E-state index in [1.807, 2.05) is 30.5 Å². The van der Waals surface area contributed by atoms with Crippen LogP contribution in [0, 0.1) is 5.92 Å². The van der Waals surface area contributed by atoms with Crippen molar-refractivity contribution in [1.29, 1.82) is 0 Å². The van der Waals surface area contributed by atoms with E-state index < -0.39 is 0 Å². The molecule has 0 atom stereocenters. The number of fused-ring (bicyclic) bond motifs is 1. The summed E-state index contributed by atoms with van der Waals surface area (Å²) in [6.45, 7) is 4.80. The van der Waals surface area contributed by atoms with Gasteiger partial charge in [0.15, 0.2) is 0 Å². The van der Waals surface area contributed by atoms with E-state index in [-0.39, 0.29) is 12.3 Å². The third-order valence-electron chi connectivity index (χ3n) is 3.71. The maximum absolute atomic E-state index is 12.4. The molecule has 2 aromatic heterocycles. The molecule has 25 heavy (non-hydrogen) atoms. The van der Waals surface area contributed by atoms with Gasteiger partial charge in [0.2, 0.25) is 5.91 Å². The number of anilines is 1. The molecule has 0 bridgehead atoms. The lowest BCUT2D eigenvalue weighted by Crippen LogP contribution is -2.16. The summed E-state index contributed by atoms with van der Waals surface area (Å²) in [5.41, 5.74) is 2.41. The molecule has 5 nitrogen and oxygen atoms in total. The van der Waals surface area contributed by atoms with Crippen LogP contribution in [0.25, 0.3) is 10.9 Å². The van der Waals surface area contributed by atoms with Crippen molar-refractivity contribution in [3.63, 3.8) is 0 Å². The van der Waals surface area contributed by atoms with Crippen LogP contribution in [0.5, 0.6) is 0 Å². The van der Waals surface area contributed by atoms with E-state index in [0.717, 1.165) is 16.5 Å². The van der Waals surface area contributed by atoms with Crippen LogP contribution in [0.4, 0.5) is 5.69 Å². The fourth-order valence-electron chi connectivity index (χ4n) is 2.54. The van der Waals surface area contributed by atoms with Crippen molar-refractivity contribution in [2.45, 2.75) is 20.3 Å². The molecular weight excluding hydrogens is 338 g/mol. The number of carbonyl (C=O) groups excluding carboxylic acids is 1. The van der Waals surface area contributed by atoms with Crippen molar-refractivity contribution in [2.24, 2.45) is 5.92 Å². The van der Waals surface area contributed by atoms with Gasteiger partial charge in [0.05, 0.1) is 22.6 Å². The highest BCUT2D eigenvalue weighted by molar-refractivity contribution is 6.33. The van der Waals surface area contributed by atoms with E-state index in [1.165, 1.54) is 6.20 Å². The summed E-state index contributed by atoms with van der Waals surface area (Å²) >= 11 is 6.04. The van der Waals surface area contributed by atoms with Gasteiger partial charge in [-0.15, -0.1) is 0 Å². The molecule has 130 valence electrons. The van der Waals surface area contributed by atoms with Crippen molar-refractivity contribution >= 4 is 34.1 Å². The molecule has 3 rings (SSSR count). The first-order chi connectivity index (χ1) is 12.0. The SMILES string of the molecule is CC(C)COn1cc(CC(=O)Nc2ccncc2Cl)c2ccccc21. The Kier molecular flexibility index (Phi) is 5.24. The molecule has 0 radical (unpaired) electrons. The molecule has 0 saturated carbocycles. The molecule has 1 aromatic carbocycles. The monoisotopic (exact) mass is 357 g/mol. The Morgan fingerprint density at radius 1 is 1.32 bits per heavy atom. The lowest BCUT2D eigenvalue weighted by Gasteiger charge is -2.09. The zero-order valence-corrected chi connectivity index (χ0v) is 15.0. The van der Waals surface area contributed by atoms with Crippen LogP contribution in [-0.2, 0) is 11.2 Å². The van der Waals surface area contributed by atoms with E-state index in [1.54, 1.807) is 17.0 Å². The standard InChI is InChI=1S/C19H20ClN3O2/c1-13(2)12-25-23-11-14(15-5-3-4-6-18(15)23)9-19(24)22-17-7-8-21-10-16(17)20/h3-8,10-11,13H,9,12H2,1-2H3,(H,21,22,24). The number of nitrogens with zero attached hydrogens (tertiary/aromatic N) is 2. The predicted molar refractivity (Wildman–Crippen MR) is 99.8 cm³/mol. The maximum Gasteiger partial charge on any atom is 0.228 e. The van der Waals surface area contributed by atoms with Gasteiger partial charge in [-0.25, -0.2) is 0 Å². The zero-order valence-electron chi connectivity index (χ0n) is 14.2. The fraction of sp³-hybridized carbons (Fsp3) is 0.263. The van der Waals surface area contributed by atoms with Gasteiger partial charge in [-0.1, -0.05) is 43.6 Å². The largest absolute Gasteiger partial charge is 0.414 e. The number of nitrogens with one attached hydrogen (secondary N) is 1. The normalized spacial score (nSPS) is 11.0. The minimum Gasteiger partial charge on any atom is -0.414 e. The molecule has 0 saturated heterocycles. The lowest BCUT2D eigenvalue weighted by atomic mass is 10.1. The molecule has 0 aliphatic rings. The van der Waals surface area contributed by atoms with Gasteiger partial charge in [-0.2, -0.15) is 4.73 Å². The first kappa shape index (κ1) is 17.3. The molecule has 0 unspecified atom stereocenters. The summed E-state index contributed by atoms with van der Waals surface area (Å²) in [5.74, 6) is 0.279. The Morgan fingerprint density at radius 2 is 2.12 bits per heavy atom. The van der Waals surface area contributed by atoms with Gasteiger partial charge in [0.25, 0.3) is 0 Å². The van der Waals surface area contributed by atoms with Crippen molar-refractivity contribution in [1.82, 2.24) is 9.71 Å². The average Bonchev–Trinajstić information content (AvgIpc) is 2.93. The van der Waals surface area contributed by atoms with Crippen molar-refractivity contribution < 1.29 is 9.63 Å². The first-order valence-electron chi connectivity index (χ1n) is 8.16. The Balaban J connectivity index is 1.81. The smallest absolute Gasteiger partial charge is 0.228 e. The Labute approximate surface area is 151 Å². The van der Waals surface area contributed by atoms with Crippen LogP contribution in [0.3, 0.4) is 0 Å². The van der Waals surface area contributed by atoms with Crippen LogP contribution >= 0.6 is 11.6 Å². The van der Waals surface area contributed by atoms with Crippen LogP contribution in [0.2, 0.25) is 5.02 Å². The molecular formula is C19H20ClN3O2. The average molecular weight is 358 g/mol. The molecule has 0 aliphatic carbocycles. The number of aromatic nitrogens is 2. The van der Waals surface area contributed by atoms with E-state index >= 15 is 0 Å². The van der Waals surface area contributed by atoms with Crippen molar-refractivity contribution in [3.8, 4) is 0 Å². The number of hydrogen-bond donors (Lipinski definition) is 1. The number of carbonyl (C=O) groups is 1. The Morgan fingerprint density at radius 3 is 2.88 bits per heavy atom. The van der Waals surface area contributed by atoms with Crippen LogP contribution < -0.4 is 10.2 Å². The molecule has 2 heterocycles. The first-order valence-corrected chi connectivity index (χ1v) is 8.54. The van der Waals surface area contributed by atoms with Gasteiger partial charge >= 0.3 is 0 Å². The number of hydrogen-bond acceptors (Lipinski definition) is 3. The van der Waals surface area contributed by atoms with E-state index in [0.29, 0.717) is 23.2 Å². The van der Waals surface area contributed by atoms with Crippen molar-refractivity contribution in [3.05, 3.63) is 59.5 Å². The van der Waals surface area contributed by atoms with Gasteiger partial charge in [-0.3, -0.25) is 9.78 Å². The highest BCUT2D eigenvalue weighted by atomic mass is 35.5. The van der Waals surface area contributed by atoms with E-state index in [9.17, 15) is 4.79 Å². The Hall–Kier alpha value is -2.53. The van der Waals surface area contributed by atoms with Crippen molar-refractivity contribution in [2.75, 3.05) is 11.9 Å². The van der Waals surface area contributed by atoms with Gasteiger partial charge in [-0.05, 0) is 23.6 Å². The predicted octanol–water partition coefficient (Wildman–Crippen LogP) is 3.96. The number of amides is 1. The van der Waals surface area contributed by atoms with Crippen LogP contribution in [-0.4, -0.2) is 22.2 Å². The third kappa shape index (κ3) is 4.12. The lowest BCUT2D eigenvalue weighted by molar-refractivity contribution is -0.115. The molecule has 3 aromatic rings. The quantitative estimate of drug-likeness (QED) is 0.726. The summed E-state index contributed by atoms with van der Waals surface area (Å²) in [6.07, 6.45) is 5.20. The van der Waals surface area contributed by atoms with E-state index in [2.05, 4.69) is 24.1 Å². The highest BCUT2D eigenvalue weighted by Gasteiger charge is 2.14. The summed E-state index contributed by atoms with van der Waals surface area (Å²) < 4.78 is 1.75. The van der Waals surface area contributed by atoms with Gasteiger partial charge in [0, 0.05) is 24.0 Å². The number of pyridine rings is 1. The topological polar surface area (TPSA) is 56.1 Å². The summed E-state index contributed by atoms with van der Waals surface area (Å²) in [7, 11) is 0. The minimum absolute atomic E-state index is 0.139. The third-order valence-corrected chi connectivity index (χ3v) is 4.01.